The van der Waals surface area contributed by atoms with E-state index in [0.29, 0.717) is 5.06 Å². The van der Waals surface area contributed by atoms with Crippen molar-refractivity contribution in [1.29, 1.82) is 0 Å². The molecule has 2 rings (SSSR count). The maximum absolute atomic E-state index is 12.2. The molecule has 0 saturated carbocycles. The molecule has 0 bridgehead atoms. The van der Waals surface area contributed by atoms with Crippen LogP contribution in [0.5, 0.6) is 0 Å². The summed E-state index contributed by atoms with van der Waals surface area (Å²) in [6, 6.07) is 5.34. The molecular formula is C16H16N2O7. The molecule has 0 saturated heterocycles. The first-order chi connectivity index (χ1) is 11.7. The predicted octanol–water partition coefficient (Wildman–Crippen LogP) is 2.19. The number of nitro groups is 1. The van der Waals surface area contributed by atoms with Gasteiger partial charge < -0.3 is 9.84 Å². The van der Waals surface area contributed by atoms with Crippen molar-refractivity contribution < 1.29 is 29.6 Å². The highest BCUT2D eigenvalue weighted by molar-refractivity contribution is 5.99. The van der Waals surface area contributed by atoms with Gasteiger partial charge in [-0.05, 0) is 19.4 Å². The van der Waals surface area contributed by atoms with Crippen LogP contribution in [-0.2, 0) is 14.3 Å². The van der Waals surface area contributed by atoms with E-state index in [1.54, 1.807) is 0 Å². The molecule has 1 unspecified atom stereocenters. The molecule has 0 amide bonds. The van der Waals surface area contributed by atoms with Crippen LogP contribution in [-0.4, -0.2) is 39.3 Å². The summed E-state index contributed by atoms with van der Waals surface area (Å²) in [5.41, 5.74) is -0.283. The van der Waals surface area contributed by atoms with Gasteiger partial charge in [-0.2, -0.15) is 0 Å². The lowest BCUT2D eigenvalue weighted by Gasteiger charge is -2.33. The van der Waals surface area contributed by atoms with E-state index in [9.17, 15) is 30.0 Å². The molecule has 1 aliphatic heterocycles. The molecule has 0 spiro atoms. The summed E-state index contributed by atoms with van der Waals surface area (Å²) in [5.74, 6) is -3.31. The highest BCUT2D eigenvalue weighted by Crippen LogP contribution is 2.42. The number of non-ortho nitro benzene ring substituents is 1. The van der Waals surface area contributed by atoms with Crippen molar-refractivity contribution in [3.05, 3.63) is 62.5 Å². The smallest absolute Gasteiger partial charge is 0.336 e. The molecule has 1 aromatic carbocycles. The van der Waals surface area contributed by atoms with Gasteiger partial charge in [-0.15, -0.1) is 0 Å². The topological polar surface area (TPSA) is 130 Å². The van der Waals surface area contributed by atoms with Crippen molar-refractivity contribution in [2.24, 2.45) is 0 Å². The Balaban J connectivity index is 2.78. The second-order valence-corrected chi connectivity index (χ2v) is 5.39. The van der Waals surface area contributed by atoms with Gasteiger partial charge in [0.25, 0.3) is 5.69 Å². The Labute approximate surface area is 142 Å². The molecule has 1 heterocycles. The number of nitrogens with zero attached hydrogens (tertiary/aromatic N) is 2. The largest absolute Gasteiger partial charge is 0.478 e. The average molecular weight is 348 g/mol. The summed E-state index contributed by atoms with van der Waals surface area (Å²) in [5, 5.41) is 31.3. The highest BCUT2D eigenvalue weighted by Gasteiger charge is 2.40. The fourth-order valence-electron chi connectivity index (χ4n) is 2.85. The van der Waals surface area contributed by atoms with Gasteiger partial charge in [0.15, 0.2) is 0 Å². The number of benzene rings is 1. The summed E-state index contributed by atoms with van der Waals surface area (Å²) in [7, 11) is 1.13. The number of carbonyl (C=O) groups is 2. The molecule has 132 valence electrons. The summed E-state index contributed by atoms with van der Waals surface area (Å²) in [6.45, 7) is 2.81. The average Bonchev–Trinajstić information content (AvgIpc) is 2.58. The number of allylic oxidation sites excluding steroid dienone is 2. The number of methoxy groups -OCH3 is 1. The number of carboxylic acids is 1. The van der Waals surface area contributed by atoms with E-state index >= 15 is 0 Å². The molecule has 0 aliphatic carbocycles. The third-order valence-electron chi connectivity index (χ3n) is 4.04. The Morgan fingerprint density at radius 3 is 2.36 bits per heavy atom. The number of aliphatic carboxylic acids is 1. The lowest BCUT2D eigenvalue weighted by molar-refractivity contribution is -0.384. The van der Waals surface area contributed by atoms with E-state index in [-0.39, 0.29) is 33.8 Å². The quantitative estimate of drug-likeness (QED) is 0.481. The van der Waals surface area contributed by atoms with E-state index in [0.717, 1.165) is 7.11 Å². The van der Waals surface area contributed by atoms with Crippen LogP contribution >= 0.6 is 0 Å². The van der Waals surface area contributed by atoms with Crippen molar-refractivity contribution in [3.63, 3.8) is 0 Å². The maximum Gasteiger partial charge on any atom is 0.336 e. The first-order valence-electron chi connectivity index (χ1n) is 7.17. The lowest BCUT2D eigenvalue weighted by atomic mass is 9.80. The van der Waals surface area contributed by atoms with Crippen molar-refractivity contribution >= 4 is 17.6 Å². The summed E-state index contributed by atoms with van der Waals surface area (Å²) in [6.07, 6.45) is 0. The molecule has 2 N–H and O–H groups in total. The summed E-state index contributed by atoms with van der Waals surface area (Å²) in [4.78, 5) is 34.4. The molecule has 9 nitrogen and oxygen atoms in total. The van der Waals surface area contributed by atoms with Crippen LogP contribution in [0.25, 0.3) is 0 Å². The van der Waals surface area contributed by atoms with Gasteiger partial charge >= 0.3 is 11.9 Å². The number of rotatable bonds is 4. The van der Waals surface area contributed by atoms with E-state index in [1.165, 1.54) is 38.1 Å². The molecule has 9 heteroatoms. The molecular weight excluding hydrogens is 332 g/mol. The number of hydrogen-bond donors (Lipinski definition) is 2. The van der Waals surface area contributed by atoms with Crippen molar-refractivity contribution in [3.8, 4) is 0 Å². The Hall–Kier alpha value is -3.20. The van der Waals surface area contributed by atoms with E-state index in [4.69, 9.17) is 4.74 Å². The van der Waals surface area contributed by atoms with E-state index in [1.807, 2.05) is 0 Å². The molecule has 0 fully saturated rings. The van der Waals surface area contributed by atoms with Gasteiger partial charge in [0.2, 0.25) is 0 Å². The van der Waals surface area contributed by atoms with Gasteiger partial charge in [0, 0.05) is 12.1 Å². The van der Waals surface area contributed by atoms with Crippen LogP contribution in [0.3, 0.4) is 0 Å². The normalized spacial score (nSPS) is 17.6. The van der Waals surface area contributed by atoms with E-state index in [2.05, 4.69) is 0 Å². The van der Waals surface area contributed by atoms with Gasteiger partial charge in [-0.3, -0.25) is 15.3 Å². The number of hydrogen-bond acceptors (Lipinski definition) is 7. The minimum absolute atomic E-state index is 0.00848. The van der Waals surface area contributed by atoms with Crippen molar-refractivity contribution in [2.45, 2.75) is 19.8 Å². The molecule has 25 heavy (non-hydrogen) atoms. The SMILES string of the molecule is COC(=O)C1=C(C)N(O)C(C)=C(C(=O)O)C1c1cccc([N+](=O)[O-])c1. The van der Waals surface area contributed by atoms with Crippen LogP contribution in [0.2, 0.25) is 0 Å². The number of hydroxylamine groups is 2. The zero-order valence-corrected chi connectivity index (χ0v) is 13.7. The Bertz CT molecular complexity index is 826. The number of carboxylic acid groups (broad SMARTS) is 1. The summed E-state index contributed by atoms with van der Waals surface area (Å²) < 4.78 is 4.72. The lowest BCUT2D eigenvalue weighted by Crippen LogP contribution is -2.33. The van der Waals surface area contributed by atoms with Gasteiger partial charge in [-0.25, -0.2) is 14.7 Å². The van der Waals surface area contributed by atoms with Crippen LogP contribution in [0.15, 0.2) is 46.8 Å². The first kappa shape index (κ1) is 18.1. The molecule has 1 aromatic rings. The van der Waals surface area contributed by atoms with Crippen molar-refractivity contribution in [1.82, 2.24) is 5.06 Å². The van der Waals surface area contributed by atoms with Crippen LogP contribution < -0.4 is 0 Å². The molecule has 1 atom stereocenters. The number of ether oxygens (including phenoxy) is 1. The van der Waals surface area contributed by atoms with Gasteiger partial charge in [-0.1, -0.05) is 12.1 Å². The number of nitro benzene ring substituents is 1. The number of carbonyl (C=O) groups excluding carboxylic acids is 1. The van der Waals surface area contributed by atoms with Crippen molar-refractivity contribution in [2.75, 3.05) is 7.11 Å². The number of esters is 1. The van der Waals surface area contributed by atoms with Gasteiger partial charge in [0.05, 0.1) is 40.5 Å². The monoisotopic (exact) mass is 348 g/mol. The third-order valence-corrected chi connectivity index (χ3v) is 4.04. The minimum Gasteiger partial charge on any atom is -0.478 e. The maximum atomic E-state index is 12.2. The second-order valence-electron chi connectivity index (χ2n) is 5.39. The predicted molar refractivity (Wildman–Crippen MR) is 84.5 cm³/mol. The fourth-order valence-corrected chi connectivity index (χ4v) is 2.85. The summed E-state index contributed by atoms with van der Waals surface area (Å²) >= 11 is 0. The molecule has 0 radical (unpaired) electrons. The Kier molecular flexibility index (Phi) is 4.89. The van der Waals surface area contributed by atoms with Crippen LogP contribution in [0.1, 0.15) is 25.3 Å². The fraction of sp³-hybridized carbons (Fsp3) is 0.250. The second kappa shape index (κ2) is 6.73. The first-order valence-corrected chi connectivity index (χ1v) is 7.17. The molecule has 1 aliphatic rings. The van der Waals surface area contributed by atoms with Crippen LogP contribution in [0.4, 0.5) is 5.69 Å². The standard InChI is InChI=1S/C16H16N2O7/c1-8-12(15(19)20)14(10-5-4-6-11(7-10)18(23)24)13(16(21)25-3)9(2)17(8)22/h4-7,14,22H,1-3H3,(H,19,20). The Morgan fingerprint density at radius 2 is 1.84 bits per heavy atom. The van der Waals surface area contributed by atoms with Crippen LogP contribution in [0, 0.1) is 10.1 Å². The third kappa shape index (κ3) is 3.09. The minimum atomic E-state index is -1.36. The van der Waals surface area contributed by atoms with E-state index < -0.39 is 22.8 Å². The zero-order valence-electron chi connectivity index (χ0n) is 13.7. The zero-order chi connectivity index (χ0) is 18.9. The van der Waals surface area contributed by atoms with Gasteiger partial charge in [0.1, 0.15) is 0 Å². The highest BCUT2D eigenvalue weighted by atomic mass is 16.6. The molecule has 0 aromatic heterocycles. The Morgan fingerprint density at radius 1 is 1.24 bits per heavy atom.